The molecule has 0 atom stereocenters. The highest BCUT2D eigenvalue weighted by Gasteiger charge is 2.29. The van der Waals surface area contributed by atoms with E-state index in [2.05, 4.69) is 50.0 Å². The number of carbonyl (C=O) groups is 1. The Morgan fingerprint density at radius 3 is 2.32 bits per heavy atom. The number of hydrogen-bond donors (Lipinski definition) is 1. The third kappa shape index (κ3) is 5.91. The Labute approximate surface area is 118 Å². The van der Waals surface area contributed by atoms with Crippen molar-refractivity contribution in [2.24, 2.45) is 5.92 Å². The minimum atomic E-state index is 0.220. The second-order valence-electron chi connectivity index (χ2n) is 6.88. The Bertz CT molecular complexity index is 276. The summed E-state index contributed by atoms with van der Waals surface area (Å²) in [6, 6.07) is 0. The monoisotopic (exact) mass is 269 g/mol. The molecule has 0 aromatic carbocycles. The highest BCUT2D eigenvalue weighted by Crippen LogP contribution is 2.23. The molecule has 0 unspecified atom stereocenters. The highest BCUT2D eigenvalue weighted by atomic mass is 16.1. The first kappa shape index (κ1) is 16.4. The van der Waals surface area contributed by atoms with Gasteiger partial charge >= 0.3 is 0 Å². The summed E-state index contributed by atoms with van der Waals surface area (Å²) in [6.45, 7) is 10.6. The van der Waals surface area contributed by atoms with Crippen molar-refractivity contribution in [2.75, 3.05) is 40.3 Å². The summed E-state index contributed by atoms with van der Waals surface area (Å²) < 4.78 is 0. The average molecular weight is 269 g/mol. The number of likely N-dealkylation sites (tertiary alicyclic amines) is 1. The molecule has 1 heterocycles. The zero-order valence-corrected chi connectivity index (χ0v) is 13.3. The summed E-state index contributed by atoms with van der Waals surface area (Å²) >= 11 is 0. The second-order valence-corrected chi connectivity index (χ2v) is 6.88. The number of rotatable bonds is 5. The maximum Gasteiger partial charge on any atom is 0.223 e. The minimum Gasteiger partial charge on any atom is -0.356 e. The van der Waals surface area contributed by atoms with Crippen molar-refractivity contribution in [2.45, 2.75) is 45.6 Å². The molecule has 0 bridgehead atoms. The molecule has 0 aromatic heterocycles. The Hall–Kier alpha value is -0.610. The summed E-state index contributed by atoms with van der Waals surface area (Å²) in [5.41, 5.74) is 0.229. The summed E-state index contributed by atoms with van der Waals surface area (Å²) in [7, 11) is 4.12. The molecule has 1 saturated heterocycles. The fraction of sp³-hybridized carbons (Fsp3) is 0.933. The first-order valence-electron chi connectivity index (χ1n) is 7.48. The van der Waals surface area contributed by atoms with Gasteiger partial charge in [-0.1, -0.05) is 0 Å². The summed E-state index contributed by atoms with van der Waals surface area (Å²) in [5, 5.41) is 3.08. The van der Waals surface area contributed by atoms with E-state index in [9.17, 15) is 4.79 Å². The van der Waals surface area contributed by atoms with Gasteiger partial charge in [0.15, 0.2) is 0 Å². The zero-order valence-electron chi connectivity index (χ0n) is 13.3. The number of nitrogens with zero attached hydrogens (tertiary/aromatic N) is 2. The lowest BCUT2D eigenvalue weighted by atomic mass is 9.92. The molecule has 1 rings (SSSR count). The smallest absolute Gasteiger partial charge is 0.223 e. The summed E-state index contributed by atoms with van der Waals surface area (Å²) in [5.74, 6) is 0.477. The minimum absolute atomic E-state index is 0.220. The molecule has 4 nitrogen and oxygen atoms in total. The molecule has 19 heavy (non-hydrogen) atoms. The molecule has 0 aliphatic carbocycles. The third-order valence-electron chi connectivity index (χ3n) is 3.90. The maximum absolute atomic E-state index is 12.1. The van der Waals surface area contributed by atoms with Gasteiger partial charge in [-0.05, 0) is 73.8 Å². The largest absolute Gasteiger partial charge is 0.356 e. The van der Waals surface area contributed by atoms with Crippen LogP contribution in [-0.4, -0.2) is 61.5 Å². The topological polar surface area (TPSA) is 35.6 Å². The van der Waals surface area contributed by atoms with Crippen LogP contribution in [0.4, 0.5) is 0 Å². The zero-order chi connectivity index (χ0) is 14.5. The standard InChI is InChI=1S/C15H31N3O/c1-15(2,3)18-11-7-13(8-12-18)14(19)16-9-6-10-17(4)5/h13H,6-12H2,1-5H3,(H,16,19). The molecule has 0 aromatic rings. The number of piperidine rings is 1. The van der Waals surface area contributed by atoms with Gasteiger partial charge in [-0.3, -0.25) is 9.69 Å². The lowest BCUT2D eigenvalue weighted by Gasteiger charge is -2.40. The van der Waals surface area contributed by atoms with Crippen LogP contribution < -0.4 is 5.32 Å². The van der Waals surface area contributed by atoms with E-state index in [4.69, 9.17) is 0 Å². The predicted octanol–water partition coefficient (Wildman–Crippen LogP) is 1.56. The average Bonchev–Trinajstić information content (AvgIpc) is 2.33. The molecule has 1 amide bonds. The number of carbonyl (C=O) groups excluding carboxylic acids is 1. The molecule has 1 aliphatic rings. The SMILES string of the molecule is CN(C)CCCNC(=O)C1CCN(C(C)(C)C)CC1. The molecular formula is C15H31N3O. The van der Waals surface area contributed by atoms with Crippen LogP contribution in [0.5, 0.6) is 0 Å². The van der Waals surface area contributed by atoms with Gasteiger partial charge in [0.1, 0.15) is 0 Å². The summed E-state index contributed by atoms with van der Waals surface area (Å²) in [4.78, 5) is 16.7. The molecule has 0 radical (unpaired) electrons. The fourth-order valence-corrected chi connectivity index (χ4v) is 2.56. The van der Waals surface area contributed by atoms with Gasteiger partial charge in [0, 0.05) is 18.0 Å². The van der Waals surface area contributed by atoms with E-state index in [0.717, 1.165) is 45.4 Å². The maximum atomic E-state index is 12.1. The first-order chi connectivity index (χ1) is 8.80. The lowest BCUT2D eigenvalue weighted by molar-refractivity contribution is -0.126. The van der Waals surface area contributed by atoms with Crippen molar-refractivity contribution in [1.29, 1.82) is 0 Å². The number of nitrogens with one attached hydrogen (secondary N) is 1. The van der Waals surface area contributed by atoms with Gasteiger partial charge in [-0.25, -0.2) is 0 Å². The Morgan fingerprint density at radius 1 is 1.26 bits per heavy atom. The van der Waals surface area contributed by atoms with Crippen LogP contribution >= 0.6 is 0 Å². The molecule has 1 N–H and O–H groups in total. The summed E-state index contributed by atoms with van der Waals surface area (Å²) in [6.07, 6.45) is 3.02. The Morgan fingerprint density at radius 2 is 1.84 bits per heavy atom. The van der Waals surface area contributed by atoms with Gasteiger partial charge < -0.3 is 10.2 Å². The van der Waals surface area contributed by atoms with E-state index >= 15 is 0 Å². The molecule has 0 saturated carbocycles. The molecular weight excluding hydrogens is 238 g/mol. The van der Waals surface area contributed by atoms with Gasteiger partial charge in [-0.2, -0.15) is 0 Å². The molecule has 112 valence electrons. The fourth-order valence-electron chi connectivity index (χ4n) is 2.56. The molecule has 4 heteroatoms. The number of amides is 1. The Kier molecular flexibility index (Phi) is 6.27. The predicted molar refractivity (Wildman–Crippen MR) is 80.2 cm³/mol. The van der Waals surface area contributed by atoms with Crippen LogP contribution in [0.2, 0.25) is 0 Å². The normalized spacial score (nSPS) is 18.8. The molecule has 0 spiro atoms. The van der Waals surface area contributed by atoms with Crippen LogP contribution in [0, 0.1) is 5.92 Å². The molecule has 1 aliphatic heterocycles. The van der Waals surface area contributed by atoms with Crippen LogP contribution in [0.15, 0.2) is 0 Å². The number of hydrogen-bond acceptors (Lipinski definition) is 3. The van der Waals surface area contributed by atoms with Crippen molar-refractivity contribution in [3.8, 4) is 0 Å². The van der Waals surface area contributed by atoms with E-state index in [0.29, 0.717) is 0 Å². The van der Waals surface area contributed by atoms with Crippen molar-refractivity contribution in [3.63, 3.8) is 0 Å². The highest BCUT2D eigenvalue weighted by molar-refractivity contribution is 5.78. The van der Waals surface area contributed by atoms with Crippen molar-refractivity contribution >= 4 is 5.91 Å². The van der Waals surface area contributed by atoms with E-state index in [1.54, 1.807) is 0 Å². The van der Waals surface area contributed by atoms with Crippen molar-refractivity contribution in [1.82, 2.24) is 15.1 Å². The van der Waals surface area contributed by atoms with Gasteiger partial charge in [0.05, 0.1) is 0 Å². The third-order valence-corrected chi connectivity index (χ3v) is 3.90. The van der Waals surface area contributed by atoms with Gasteiger partial charge in [0.2, 0.25) is 5.91 Å². The first-order valence-corrected chi connectivity index (χ1v) is 7.48. The van der Waals surface area contributed by atoms with Crippen LogP contribution in [0.1, 0.15) is 40.0 Å². The van der Waals surface area contributed by atoms with Crippen LogP contribution in [0.25, 0.3) is 0 Å². The lowest BCUT2D eigenvalue weighted by Crippen LogP contribution is -2.48. The van der Waals surface area contributed by atoms with E-state index < -0.39 is 0 Å². The van der Waals surface area contributed by atoms with E-state index in [1.807, 2.05) is 0 Å². The van der Waals surface area contributed by atoms with Crippen molar-refractivity contribution < 1.29 is 4.79 Å². The van der Waals surface area contributed by atoms with Gasteiger partial charge in [-0.15, -0.1) is 0 Å². The Balaban J connectivity index is 2.22. The molecule has 1 fully saturated rings. The van der Waals surface area contributed by atoms with E-state index in [-0.39, 0.29) is 17.4 Å². The van der Waals surface area contributed by atoms with Gasteiger partial charge in [0.25, 0.3) is 0 Å². The van der Waals surface area contributed by atoms with Crippen LogP contribution in [0.3, 0.4) is 0 Å². The second kappa shape index (κ2) is 7.25. The van der Waals surface area contributed by atoms with Crippen LogP contribution in [-0.2, 0) is 4.79 Å². The van der Waals surface area contributed by atoms with E-state index in [1.165, 1.54) is 0 Å². The quantitative estimate of drug-likeness (QED) is 0.770. The van der Waals surface area contributed by atoms with Crippen molar-refractivity contribution in [3.05, 3.63) is 0 Å².